The van der Waals surface area contributed by atoms with Gasteiger partial charge in [-0.2, -0.15) is 0 Å². The molecule has 19 heavy (non-hydrogen) atoms. The highest BCUT2D eigenvalue weighted by molar-refractivity contribution is 9.10. The van der Waals surface area contributed by atoms with Gasteiger partial charge < -0.3 is 9.73 Å². The van der Waals surface area contributed by atoms with Crippen molar-refractivity contribution in [1.82, 2.24) is 5.32 Å². The molecule has 2 nitrogen and oxygen atoms in total. The van der Waals surface area contributed by atoms with Gasteiger partial charge in [-0.25, -0.2) is 0 Å². The first kappa shape index (κ1) is 14.8. The zero-order valence-electron chi connectivity index (χ0n) is 11.8. The molecular formula is C15H20BrNOS. The molecule has 1 unspecified atom stereocenters. The lowest BCUT2D eigenvalue weighted by molar-refractivity contribution is 0.494. The van der Waals surface area contributed by atoms with Crippen LogP contribution in [0, 0.1) is 20.8 Å². The fourth-order valence-corrected chi connectivity index (χ4v) is 3.87. The first-order valence-electron chi connectivity index (χ1n) is 6.59. The molecule has 0 amide bonds. The summed E-state index contributed by atoms with van der Waals surface area (Å²) in [5, 5.41) is 3.63. The molecule has 2 aromatic heterocycles. The van der Waals surface area contributed by atoms with Crippen LogP contribution in [0.2, 0.25) is 0 Å². The summed E-state index contributed by atoms with van der Waals surface area (Å²) < 4.78 is 6.88. The van der Waals surface area contributed by atoms with Gasteiger partial charge in [0, 0.05) is 19.8 Å². The fourth-order valence-electron chi connectivity index (χ4n) is 2.21. The zero-order chi connectivity index (χ0) is 14.0. The molecule has 0 fully saturated rings. The van der Waals surface area contributed by atoms with Gasteiger partial charge >= 0.3 is 0 Å². The van der Waals surface area contributed by atoms with Crippen molar-refractivity contribution in [2.45, 2.75) is 40.2 Å². The fraction of sp³-hybridized carbons (Fsp3) is 0.467. The van der Waals surface area contributed by atoms with Gasteiger partial charge in [-0.15, -0.1) is 11.3 Å². The van der Waals surface area contributed by atoms with Crippen molar-refractivity contribution in [3.63, 3.8) is 0 Å². The SMILES string of the molecule is CCCNC(c1cc(Br)c(C)s1)c1cc(C)oc1C. The van der Waals surface area contributed by atoms with Crippen molar-refractivity contribution in [1.29, 1.82) is 0 Å². The molecule has 2 heterocycles. The number of hydrogen-bond acceptors (Lipinski definition) is 3. The average molecular weight is 342 g/mol. The molecule has 0 aliphatic heterocycles. The van der Waals surface area contributed by atoms with E-state index in [2.05, 4.69) is 47.2 Å². The van der Waals surface area contributed by atoms with Crippen LogP contribution in [-0.2, 0) is 0 Å². The lowest BCUT2D eigenvalue weighted by Gasteiger charge is -2.16. The molecule has 2 rings (SSSR count). The van der Waals surface area contributed by atoms with Crippen molar-refractivity contribution in [2.75, 3.05) is 6.54 Å². The summed E-state index contributed by atoms with van der Waals surface area (Å²) in [5.74, 6) is 1.98. The Balaban J connectivity index is 2.38. The number of thiophene rings is 1. The van der Waals surface area contributed by atoms with Crippen LogP contribution in [0.5, 0.6) is 0 Å². The van der Waals surface area contributed by atoms with Crippen molar-refractivity contribution in [3.05, 3.63) is 43.4 Å². The van der Waals surface area contributed by atoms with Gasteiger partial charge in [0.2, 0.25) is 0 Å². The Hall–Kier alpha value is -0.580. The van der Waals surface area contributed by atoms with Crippen LogP contribution >= 0.6 is 27.3 Å². The highest BCUT2D eigenvalue weighted by Crippen LogP contribution is 2.35. The van der Waals surface area contributed by atoms with E-state index < -0.39 is 0 Å². The maximum atomic E-state index is 5.69. The number of hydrogen-bond donors (Lipinski definition) is 1. The predicted octanol–water partition coefficient (Wildman–Crippen LogP) is 5.12. The third kappa shape index (κ3) is 3.30. The van der Waals surface area contributed by atoms with Crippen LogP contribution < -0.4 is 5.32 Å². The Bertz CT molecular complexity index is 539. The number of furan rings is 1. The molecule has 0 bridgehead atoms. The van der Waals surface area contributed by atoms with E-state index in [1.807, 2.05) is 25.2 Å². The van der Waals surface area contributed by atoms with Gasteiger partial charge in [-0.05, 0) is 61.8 Å². The molecule has 4 heteroatoms. The molecule has 2 aromatic rings. The second kappa shape index (κ2) is 6.25. The molecule has 0 saturated carbocycles. The largest absolute Gasteiger partial charge is 0.466 e. The van der Waals surface area contributed by atoms with E-state index in [0.717, 1.165) is 24.5 Å². The third-order valence-electron chi connectivity index (χ3n) is 3.15. The average Bonchev–Trinajstić information content (AvgIpc) is 2.84. The Morgan fingerprint density at radius 1 is 1.32 bits per heavy atom. The Morgan fingerprint density at radius 3 is 2.53 bits per heavy atom. The molecule has 0 aliphatic carbocycles. The molecule has 0 aliphatic rings. The van der Waals surface area contributed by atoms with E-state index >= 15 is 0 Å². The second-order valence-corrected chi connectivity index (χ2v) is 6.95. The highest BCUT2D eigenvalue weighted by atomic mass is 79.9. The molecular weight excluding hydrogens is 322 g/mol. The van der Waals surface area contributed by atoms with E-state index in [1.54, 1.807) is 0 Å². The van der Waals surface area contributed by atoms with Crippen LogP contribution in [-0.4, -0.2) is 6.54 Å². The summed E-state index contributed by atoms with van der Waals surface area (Å²) in [5.41, 5.74) is 1.25. The molecule has 0 radical (unpaired) electrons. The van der Waals surface area contributed by atoms with Crippen LogP contribution in [0.15, 0.2) is 21.0 Å². The van der Waals surface area contributed by atoms with Gasteiger partial charge in [0.15, 0.2) is 0 Å². The molecule has 1 N–H and O–H groups in total. The first-order valence-corrected chi connectivity index (χ1v) is 8.20. The maximum absolute atomic E-state index is 5.69. The quantitative estimate of drug-likeness (QED) is 0.816. The van der Waals surface area contributed by atoms with Crippen LogP contribution in [0.1, 0.15) is 46.2 Å². The summed E-state index contributed by atoms with van der Waals surface area (Å²) in [6.45, 7) is 9.38. The number of rotatable bonds is 5. The molecule has 0 spiro atoms. The monoisotopic (exact) mass is 341 g/mol. The number of aryl methyl sites for hydroxylation is 3. The minimum Gasteiger partial charge on any atom is -0.466 e. The lowest BCUT2D eigenvalue weighted by Crippen LogP contribution is -2.22. The number of nitrogens with one attached hydrogen (secondary N) is 1. The minimum absolute atomic E-state index is 0.229. The molecule has 0 aromatic carbocycles. The molecule has 1 atom stereocenters. The Kier molecular flexibility index (Phi) is 4.87. The van der Waals surface area contributed by atoms with Gasteiger partial charge in [-0.1, -0.05) is 6.92 Å². The minimum atomic E-state index is 0.229. The van der Waals surface area contributed by atoms with Crippen LogP contribution in [0.4, 0.5) is 0 Å². The van der Waals surface area contributed by atoms with Crippen molar-refractivity contribution >= 4 is 27.3 Å². The maximum Gasteiger partial charge on any atom is 0.106 e. The Morgan fingerprint density at radius 2 is 2.05 bits per heavy atom. The van der Waals surface area contributed by atoms with Crippen LogP contribution in [0.3, 0.4) is 0 Å². The zero-order valence-corrected chi connectivity index (χ0v) is 14.2. The second-order valence-electron chi connectivity index (χ2n) is 4.81. The van der Waals surface area contributed by atoms with Crippen LogP contribution in [0.25, 0.3) is 0 Å². The molecule has 0 saturated heterocycles. The normalized spacial score (nSPS) is 12.9. The Labute approximate surface area is 127 Å². The number of halogens is 1. The predicted molar refractivity (Wildman–Crippen MR) is 85.1 cm³/mol. The summed E-state index contributed by atoms with van der Waals surface area (Å²) in [7, 11) is 0. The van der Waals surface area contributed by atoms with E-state index in [4.69, 9.17) is 4.42 Å². The van der Waals surface area contributed by atoms with Gasteiger partial charge in [0.1, 0.15) is 11.5 Å². The van der Waals surface area contributed by atoms with Crippen molar-refractivity contribution in [2.24, 2.45) is 0 Å². The van der Waals surface area contributed by atoms with E-state index in [9.17, 15) is 0 Å². The summed E-state index contributed by atoms with van der Waals surface area (Å²) in [6.07, 6.45) is 1.12. The summed E-state index contributed by atoms with van der Waals surface area (Å²) in [4.78, 5) is 2.65. The smallest absolute Gasteiger partial charge is 0.106 e. The standard InChI is InChI=1S/C15H20BrNOS/c1-5-6-17-15(12-7-9(2)18-10(12)3)14-8-13(16)11(4)19-14/h7-8,15,17H,5-6H2,1-4H3. The molecule has 104 valence electrons. The van der Waals surface area contributed by atoms with Gasteiger partial charge in [-0.3, -0.25) is 0 Å². The summed E-state index contributed by atoms with van der Waals surface area (Å²) >= 11 is 5.44. The first-order chi connectivity index (χ1) is 9.02. The van der Waals surface area contributed by atoms with Gasteiger partial charge in [0.25, 0.3) is 0 Å². The van der Waals surface area contributed by atoms with Crippen molar-refractivity contribution in [3.8, 4) is 0 Å². The highest BCUT2D eigenvalue weighted by Gasteiger charge is 2.21. The third-order valence-corrected chi connectivity index (χ3v) is 5.35. The van der Waals surface area contributed by atoms with E-state index in [0.29, 0.717) is 0 Å². The lowest BCUT2D eigenvalue weighted by atomic mass is 10.1. The van der Waals surface area contributed by atoms with E-state index in [-0.39, 0.29) is 6.04 Å². The van der Waals surface area contributed by atoms with E-state index in [1.165, 1.54) is 19.8 Å². The topological polar surface area (TPSA) is 25.2 Å². The van der Waals surface area contributed by atoms with Gasteiger partial charge in [0.05, 0.1) is 6.04 Å². The summed E-state index contributed by atoms with van der Waals surface area (Å²) in [6, 6.07) is 4.59. The van der Waals surface area contributed by atoms with Crippen molar-refractivity contribution < 1.29 is 4.42 Å².